The molecule has 0 spiro atoms. The summed E-state index contributed by atoms with van der Waals surface area (Å²) in [6.45, 7) is 0. The summed E-state index contributed by atoms with van der Waals surface area (Å²) in [6.07, 6.45) is 0. The third-order valence-corrected chi connectivity index (χ3v) is 6.14. The fraction of sp³-hybridized carbons (Fsp3) is 0.0667. The molecule has 0 saturated carbocycles. The maximum absolute atomic E-state index is 6.55. The molecule has 19 heavy (non-hydrogen) atoms. The van der Waals surface area contributed by atoms with Gasteiger partial charge in [0.15, 0.2) is 0 Å². The zero-order valence-corrected chi connectivity index (χ0v) is 13.7. The summed E-state index contributed by atoms with van der Waals surface area (Å²) in [6, 6.07) is 16.5. The van der Waals surface area contributed by atoms with E-state index in [1.807, 2.05) is 18.2 Å². The van der Waals surface area contributed by atoms with Crippen LogP contribution in [0.5, 0.6) is 0 Å². The predicted molar refractivity (Wildman–Crippen MR) is 88.7 cm³/mol. The lowest BCUT2D eigenvalue weighted by molar-refractivity contribution is 1.19. The van der Waals surface area contributed by atoms with Crippen molar-refractivity contribution in [1.82, 2.24) is 0 Å². The van der Waals surface area contributed by atoms with Crippen molar-refractivity contribution in [2.75, 3.05) is 0 Å². The quantitative estimate of drug-likeness (QED) is 0.442. The molecule has 0 saturated heterocycles. The second-order valence-electron chi connectivity index (χ2n) is 4.24. The molecule has 96 valence electrons. The highest BCUT2D eigenvalue weighted by Gasteiger charge is 2.15. The van der Waals surface area contributed by atoms with Crippen LogP contribution in [0, 0.1) is 0 Å². The summed E-state index contributed by atoms with van der Waals surface area (Å²) in [4.78, 5) is 1.05. The van der Waals surface area contributed by atoms with Crippen LogP contribution in [0.3, 0.4) is 0 Å². The van der Waals surface area contributed by atoms with Crippen LogP contribution in [-0.4, -0.2) is 0 Å². The van der Waals surface area contributed by atoms with Crippen LogP contribution in [0.25, 0.3) is 10.8 Å². The Kier molecular flexibility index (Phi) is 3.86. The molecule has 4 heteroatoms. The van der Waals surface area contributed by atoms with Gasteiger partial charge in [-0.1, -0.05) is 48.0 Å². The second-order valence-corrected chi connectivity index (χ2v) is 7.48. The standard InChI is InChI=1S/C15H9BrCl2S/c16-15-12(17)8-13(19-15)14(18)11-6-5-9-3-1-2-4-10(9)7-11/h1-8,14H. The van der Waals surface area contributed by atoms with Crippen LogP contribution in [-0.2, 0) is 0 Å². The first-order valence-electron chi connectivity index (χ1n) is 5.72. The molecule has 0 radical (unpaired) electrons. The van der Waals surface area contributed by atoms with Gasteiger partial charge in [0.05, 0.1) is 14.2 Å². The van der Waals surface area contributed by atoms with E-state index < -0.39 is 0 Å². The lowest BCUT2D eigenvalue weighted by atomic mass is 10.0. The first-order chi connectivity index (χ1) is 9.15. The van der Waals surface area contributed by atoms with E-state index >= 15 is 0 Å². The Balaban J connectivity index is 2.03. The third kappa shape index (κ3) is 2.68. The molecule has 3 aromatic rings. The maximum Gasteiger partial charge on any atom is 0.0928 e. The van der Waals surface area contributed by atoms with Crippen molar-refractivity contribution in [3.8, 4) is 0 Å². The largest absolute Gasteiger partial charge is 0.130 e. The maximum atomic E-state index is 6.55. The van der Waals surface area contributed by atoms with Crippen molar-refractivity contribution in [1.29, 1.82) is 0 Å². The van der Waals surface area contributed by atoms with Crippen LogP contribution in [0.4, 0.5) is 0 Å². The Morgan fingerprint density at radius 2 is 1.74 bits per heavy atom. The SMILES string of the molecule is Clc1cc(C(Cl)c2ccc3ccccc3c2)sc1Br. The molecular formula is C15H9BrCl2S. The lowest BCUT2D eigenvalue weighted by Gasteiger charge is -2.09. The van der Waals surface area contributed by atoms with Gasteiger partial charge in [-0.25, -0.2) is 0 Å². The summed E-state index contributed by atoms with van der Waals surface area (Å²) in [5, 5.41) is 2.97. The van der Waals surface area contributed by atoms with Crippen molar-refractivity contribution in [3.63, 3.8) is 0 Å². The van der Waals surface area contributed by atoms with E-state index in [0.29, 0.717) is 5.02 Å². The summed E-state index contributed by atoms with van der Waals surface area (Å²) in [7, 11) is 0. The highest BCUT2D eigenvalue weighted by Crippen LogP contribution is 2.40. The highest BCUT2D eigenvalue weighted by atomic mass is 79.9. The van der Waals surface area contributed by atoms with Gasteiger partial charge in [-0.15, -0.1) is 22.9 Å². The van der Waals surface area contributed by atoms with E-state index in [4.69, 9.17) is 23.2 Å². The van der Waals surface area contributed by atoms with E-state index in [1.165, 1.54) is 10.8 Å². The summed E-state index contributed by atoms with van der Waals surface area (Å²) < 4.78 is 0.926. The molecule has 1 unspecified atom stereocenters. The first-order valence-corrected chi connectivity index (χ1v) is 8.15. The number of alkyl halides is 1. The molecule has 0 aliphatic rings. The van der Waals surface area contributed by atoms with Gasteiger partial charge in [0.2, 0.25) is 0 Å². The van der Waals surface area contributed by atoms with E-state index in [9.17, 15) is 0 Å². The number of rotatable bonds is 2. The second kappa shape index (κ2) is 5.45. The molecular weight excluding hydrogens is 363 g/mol. The molecule has 0 fully saturated rings. The lowest BCUT2D eigenvalue weighted by Crippen LogP contribution is -1.89. The zero-order valence-electron chi connectivity index (χ0n) is 9.74. The Labute approximate surface area is 134 Å². The van der Waals surface area contributed by atoms with Crippen molar-refractivity contribution >= 4 is 61.2 Å². The zero-order chi connectivity index (χ0) is 13.4. The van der Waals surface area contributed by atoms with Crippen LogP contribution < -0.4 is 0 Å². The number of benzene rings is 2. The molecule has 0 aliphatic heterocycles. The van der Waals surface area contributed by atoms with E-state index in [-0.39, 0.29) is 5.38 Å². The molecule has 1 aromatic heterocycles. The van der Waals surface area contributed by atoms with Crippen LogP contribution in [0.15, 0.2) is 52.3 Å². The number of fused-ring (bicyclic) bond motifs is 1. The van der Waals surface area contributed by atoms with E-state index in [0.717, 1.165) is 14.2 Å². The molecule has 0 amide bonds. The molecule has 3 rings (SSSR count). The minimum absolute atomic E-state index is 0.168. The Morgan fingerprint density at radius 1 is 1.00 bits per heavy atom. The van der Waals surface area contributed by atoms with Crippen molar-refractivity contribution in [2.24, 2.45) is 0 Å². The molecule has 1 atom stereocenters. The number of hydrogen-bond donors (Lipinski definition) is 0. The van der Waals surface area contributed by atoms with Crippen LogP contribution in [0.1, 0.15) is 15.8 Å². The molecule has 0 N–H and O–H groups in total. The van der Waals surface area contributed by atoms with Gasteiger partial charge >= 0.3 is 0 Å². The average Bonchev–Trinajstić information content (AvgIpc) is 2.77. The van der Waals surface area contributed by atoms with Crippen LogP contribution >= 0.6 is 50.5 Å². The molecule has 0 bridgehead atoms. The molecule has 1 heterocycles. The number of thiophene rings is 1. The molecule has 0 nitrogen and oxygen atoms in total. The monoisotopic (exact) mass is 370 g/mol. The number of hydrogen-bond acceptors (Lipinski definition) is 1. The van der Waals surface area contributed by atoms with Gasteiger partial charge in [-0.3, -0.25) is 0 Å². The first kappa shape index (κ1) is 13.4. The smallest absolute Gasteiger partial charge is 0.0928 e. The molecule has 0 aliphatic carbocycles. The normalized spacial score (nSPS) is 12.8. The van der Waals surface area contributed by atoms with Crippen LogP contribution in [0.2, 0.25) is 5.02 Å². The minimum atomic E-state index is -0.168. The highest BCUT2D eigenvalue weighted by molar-refractivity contribution is 9.11. The van der Waals surface area contributed by atoms with Crippen molar-refractivity contribution in [3.05, 3.63) is 67.8 Å². The average molecular weight is 372 g/mol. The summed E-state index contributed by atoms with van der Waals surface area (Å²) >= 11 is 17.6. The number of halogens is 3. The molecule has 2 aromatic carbocycles. The Morgan fingerprint density at radius 3 is 2.42 bits per heavy atom. The topological polar surface area (TPSA) is 0 Å². The van der Waals surface area contributed by atoms with E-state index in [1.54, 1.807) is 11.3 Å². The van der Waals surface area contributed by atoms with Gasteiger partial charge in [0.25, 0.3) is 0 Å². The summed E-state index contributed by atoms with van der Waals surface area (Å²) in [5.41, 5.74) is 1.09. The fourth-order valence-corrected chi connectivity index (χ4v) is 4.10. The van der Waals surface area contributed by atoms with Gasteiger partial charge in [-0.2, -0.15) is 0 Å². The summed E-state index contributed by atoms with van der Waals surface area (Å²) in [5.74, 6) is 0. The van der Waals surface area contributed by atoms with Crippen molar-refractivity contribution < 1.29 is 0 Å². The fourth-order valence-electron chi connectivity index (χ4n) is 2.02. The predicted octanol–water partition coefficient (Wildman–Crippen LogP) is 6.65. The van der Waals surface area contributed by atoms with Crippen molar-refractivity contribution in [2.45, 2.75) is 5.38 Å². The Bertz CT molecular complexity index is 716. The third-order valence-electron chi connectivity index (χ3n) is 2.98. The van der Waals surface area contributed by atoms with E-state index in [2.05, 4.69) is 46.3 Å². The van der Waals surface area contributed by atoms with Gasteiger partial charge in [-0.05, 0) is 44.4 Å². The Hall–Kier alpha value is -0.540. The van der Waals surface area contributed by atoms with Gasteiger partial charge in [0.1, 0.15) is 0 Å². The minimum Gasteiger partial charge on any atom is -0.130 e. The van der Waals surface area contributed by atoms with Gasteiger partial charge < -0.3 is 0 Å². The van der Waals surface area contributed by atoms with Gasteiger partial charge in [0, 0.05) is 4.88 Å².